The van der Waals surface area contributed by atoms with Gasteiger partial charge in [0.15, 0.2) is 0 Å². The van der Waals surface area contributed by atoms with Gasteiger partial charge in [-0.15, -0.1) is 5.10 Å². The van der Waals surface area contributed by atoms with Gasteiger partial charge in [-0.3, -0.25) is 4.68 Å². The Morgan fingerprint density at radius 3 is 2.94 bits per heavy atom. The van der Waals surface area contributed by atoms with Gasteiger partial charge in [-0.25, -0.2) is 0 Å². The highest BCUT2D eigenvalue weighted by atomic mass is 79.9. The molecule has 0 amide bonds. The van der Waals surface area contributed by atoms with Crippen molar-refractivity contribution in [3.63, 3.8) is 0 Å². The van der Waals surface area contributed by atoms with Gasteiger partial charge in [-0.1, -0.05) is 28.1 Å². The molecule has 0 N–H and O–H groups in total. The fraction of sp³-hybridized carbons (Fsp3) is 0.818. The molecule has 0 aromatic carbocycles. The summed E-state index contributed by atoms with van der Waals surface area (Å²) >= 11 is 3.55. The second kappa shape index (κ2) is 8.60. The highest BCUT2D eigenvalue weighted by Crippen LogP contribution is 2.23. The first kappa shape index (κ1) is 14.6. The number of ether oxygens (including phenoxy) is 2. The van der Waals surface area contributed by atoms with Crippen molar-refractivity contribution in [3.05, 3.63) is 11.9 Å². The van der Waals surface area contributed by atoms with Gasteiger partial charge in [-0.05, 0) is 12.8 Å². The van der Waals surface area contributed by atoms with Crippen LogP contribution in [0.25, 0.3) is 0 Å². The number of aromatic nitrogens is 3. The lowest BCUT2D eigenvalue weighted by Crippen LogP contribution is -2.06. The lowest BCUT2D eigenvalue weighted by Gasteiger charge is -2.03. The number of rotatable bonds is 9. The van der Waals surface area contributed by atoms with Crippen LogP contribution in [0.15, 0.2) is 6.20 Å². The topological polar surface area (TPSA) is 49.2 Å². The molecular formula is C11H20BrN3O2. The van der Waals surface area contributed by atoms with Crippen LogP contribution in [0.2, 0.25) is 0 Å². The van der Waals surface area contributed by atoms with Crippen LogP contribution >= 0.6 is 15.9 Å². The first-order chi connectivity index (χ1) is 8.27. The summed E-state index contributed by atoms with van der Waals surface area (Å²) in [5.41, 5.74) is 0.993. The van der Waals surface area contributed by atoms with Gasteiger partial charge < -0.3 is 9.47 Å². The van der Waals surface area contributed by atoms with Crippen LogP contribution in [-0.4, -0.2) is 41.9 Å². The maximum absolute atomic E-state index is 5.38. The van der Waals surface area contributed by atoms with E-state index in [2.05, 4.69) is 33.2 Å². The van der Waals surface area contributed by atoms with Crippen LogP contribution in [0.3, 0.4) is 0 Å². The molecule has 1 heterocycles. The van der Waals surface area contributed by atoms with Crippen LogP contribution in [0.1, 0.15) is 30.3 Å². The van der Waals surface area contributed by atoms with Crippen molar-refractivity contribution in [3.8, 4) is 0 Å². The Kier molecular flexibility index (Phi) is 7.39. The molecule has 0 radical (unpaired) electrons. The molecule has 1 rings (SSSR count). The third kappa shape index (κ3) is 5.61. The van der Waals surface area contributed by atoms with Gasteiger partial charge in [0.1, 0.15) is 0 Å². The Hall–Kier alpha value is -0.460. The monoisotopic (exact) mass is 305 g/mol. The third-order valence-electron chi connectivity index (χ3n) is 2.34. The number of nitrogens with zero attached hydrogens (tertiary/aromatic N) is 3. The van der Waals surface area contributed by atoms with Gasteiger partial charge in [0.2, 0.25) is 0 Å². The number of hydrogen-bond acceptors (Lipinski definition) is 4. The average Bonchev–Trinajstić information content (AvgIpc) is 2.81. The van der Waals surface area contributed by atoms with E-state index in [-0.39, 0.29) is 0 Å². The van der Waals surface area contributed by atoms with E-state index in [0.29, 0.717) is 18.0 Å². The zero-order valence-electron chi connectivity index (χ0n) is 10.4. The summed E-state index contributed by atoms with van der Waals surface area (Å²) in [6.45, 7) is 4.98. The van der Waals surface area contributed by atoms with Gasteiger partial charge in [0, 0.05) is 26.5 Å². The maximum atomic E-state index is 5.38. The van der Waals surface area contributed by atoms with E-state index in [1.165, 1.54) is 0 Å². The molecule has 17 heavy (non-hydrogen) atoms. The van der Waals surface area contributed by atoms with E-state index in [9.17, 15) is 0 Å². The molecule has 0 saturated heterocycles. The van der Waals surface area contributed by atoms with Crippen LogP contribution in [0, 0.1) is 0 Å². The Labute approximate surface area is 111 Å². The molecule has 5 nitrogen and oxygen atoms in total. The molecule has 0 saturated carbocycles. The molecule has 1 atom stereocenters. The van der Waals surface area contributed by atoms with E-state index in [4.69, 9.17) is 9.47 Å². The molecule has 0 aliphatic rings. The molecule has 0 aliphatic carbocycles. The van der Waals surface area contributed by atoms with Gasteiger partial charge in [0.25, 0.3) is 0 Å². The summed E-state index contributed by atoms with van der Waals surface area (Å²) in [6, 6.07) is 0. The number of methoxy groups -OCH3 is 1. The second-order valence-electron chi connectivity index (χ2n) is 3.74. The molecule has 1 aromatic rings. The molecule has 1 unspecified atom stereocenters. The minimum absolute atomic E-state index is 0.300. The lowest BCUT2D eigenvalue weighted by atomic mass is 10.3. The summed E-state index contributed by atoms with van der Waals surface area (Å²) in [7, 11) is 1.67. The van der Waals surface area contributed by atoms with E-state index in [1.54, 1.807) is 7.11 Å². The zero-order chi connectivity index (χ0) is 12.5. The Morgan fingerprint density at radius 2 is 2.24 bits per heavy atom. The fourth-order valence-electron chi connectivity index (χ4n) is 1.35. The fourth-order valence-corrected chi connectivity index (χ4v) is 1.56. The van der Waals surface area contributed by atoms with Crippen molar-refractivity contribution in [2.45, 2.75) is 31.1 Å². The minimum Gasteiger partial charge on any atom is -0.382 e. The van der Waals surface area contributed by atoms with Gasteiger partial charge in [0.05, 0.1) is 23.7 Å². The Bertz CT molecular complexity index is 307. The predicted octanol–water partition coefficient (Wildman–Crippen LogP) is 2.18. The smallest absolute Gasteiger partial charge is 0.0963 e. The molecule has 0 bridgehead atoms. The Balaban J connectivity index is 2.16. The molecule has 98 valence electrons. The van der Waals surface area contributed by atoms with E-state index in [1.807, 2.05) is 10.9 Å². The summed E-state index contributed by atoms with van der Waals surface area (Å²) < 4.78 is 12.1. The predicted molar refractivity (Wildman–Crippen MR) is 69.3 cm³/mol. The minimum atomic E-state index is 0.300. The quantitative estimate of drug-likeness (QED) is 0.518. The van der Waals surface area contributed by atoms with E-state index >= 15 is 0 Å². The van der Waals surface area contributed by atoms with Crippen molar-refractivity contribution in [1.29, 1.82) is 0 Å². The van der Waals surface area contributed by atoms with Gasteiger partial charge >= 0.3 is 0 Å². The standard InChI is InChI=1S/C11H20BrN3O2/c1-3-10(12)11-9-15(14-13-11)5-4-6-17-8-7-16-2/h9-10H,3-8H2,1-2H3. The van der Waals surface area contributed by atoms with Gasteiger partial charge in [-0.2, -0.15) is 0 Å². The van der Waals surface area contributed by atoms with Crippen LogP contribution in [0.5, 0.6) is 0 Å². The normalized spacial score (nSPS) is 12.9. The number of halogens is 1. The second-order valence-corrected chi connectivity index (χ2v) is 4.85. The van der Waals surface area contributed by atoms with E-state index in [0.717, 1.165) is 31.7 Å². The average molecular weight is 306 g/mol. The number of hydrogen-bond donors (Lipinski definition) is 0. The first-order valence-electron chi connectivity index (χ1n) is 5.88. The van der Waals surface area contributed by atoms with Crippen molar-refractivity contribution >= 4 is 15.9 Å². The van der Waals surface area contributed by atoms with Crippen molar-refractivity contribution in [2.75, 3.05) is 26.9 Å². The summed E-state index contributed by atoms with van der Waals surface area (Å²) in [6.07, 6.45) is 3.93. The number of aryl methyl sites for hydroxylation is 1. The molecular weight excluding hydrogens is 286 g/mol. The summed E-state index contributed by atoms with van der Waals surface area (Å²) in [5, 5.41) is 8.20. The SMILES string of the molecule is CCC(Br)c1cn(CCCOCCOC)nn1. The number of alkyl halides is 1. The Morgan fingerprint density at radius 1 is 1.41 bits per heavy atom. The van der Waals surface area contributed by atoms with Crippen LogP contribution in [-0.2, 0) is 16.0 Å². The zero-order valence-corrected chi connectivity index (χ0v) is 12.0. The largest absolute Gasteiger partial charge is 0.382 e. The highest BCUT2D eigenvalue weighted by molar-refractivity contribution is 9.09. The summed E-state index contributed by atoms with van der Waals surface area (Å²) in [4.78, 5) is 0.300. The molecule has 0 aliphatic heterocycles. The van der Waals surface area contributed by atoms with Crippen LogP contribution < -0.4 is 0 Å². The van der Waals surface area contributed by atoms with Crippen molar-refractivity contribution in [2.24, 2.45) is 0 Å². The molecule has 6 heteroatoms. The molecule has 0 spiro atoms. The lowest BCUT2D eigenvalue weighted by molar-refractivity contribution is 0.0676. The molecule has 1 aromatic heterocycles. The van der Waals surface area contributed by atoms with Crippen LogP contribution in [0.4, 0.5) is 0 Å². The third-order valence-corrected chi connectivity index (χ3v) is 3.46. The van der Waals surface area contributed by atoms with E-state index < -0.39 is 0 Å². The summed E-state index contributed by atoms with van der Waals surface area (Å²) in [5.74, 6) is 0. The highest BCUT2D eigenvalue weighted by Gasteiger charge is 2.08. The molecule has 0 fully saturated rings. The maximum Gasteiger partial charge on any atom is 0.0963 e. The first-order valence-corrected chi connectivity index (χ1v) is 6.80. The van der Waals surface area contributed by atoms with Crippen molar-refractivity contribution < 1.29 is 9.47 Å². The van der Waals surface area contributed by atoms with Crippen molar-refractivity contribution in [1.82, 2.24) is 15.0 Å².